The summed E-state index contributed by atoms with van der Waals surface area (Å²) in [6.45, 7) is 3.97. The minimum Gasteiger partial charge on any atom is -0.477 e. The molecule has 0 spiro atoms. The highest BCUT2D eigenvalue weighted by Crippen LogP contribution is 2.12. The van der Waals surface area contributed by atoms with Crippen LogP contribution in [0.2, 0.25) is 0 Å². The van der Waals surface area contributed by atoms with E-state index in [0.717, 1.165) is 43.8 Å². The fourth-order valence-corrected chi connectivity index (χ4v) is 3.74. The Kier molecular flexibility index (Phi) is 8.94. The number of amides is 1. The van der Waals surface area contributed by atoms with Crippen LogP contribution >= 0.6 is 0 Å². The third-order valence-corrected chi connectivity index (χ3v) is 5.85. The van der Waals surface area contributed by atoms with Crippen molar-refractivity contribution in [3.63, 3.8) is 0 Å². The average molecular weight is 434 g/mol. The van der Waals surface area contributed by atoms with Gasteiger partial charge in [-0.15, -0.1) is 0 Å². The first kappa shape index (κ1) is 23.5. The molecule has 30 heavy (non-hydrogen) atoms. The van der Waals surface area contributed by atoms with E-state index in [1.165, 1.54) is 37.5 Å². The quantitative estimate of drug-likeness (QED) is 0.439. The highest BCUT2D eigenvalue weighted by Gasteiger charge is 2.19. The maximum absolute atomic E-state index is 12.4. The number of hydrogen-bond acceptors (Lipinski definition) is 6. The second kappa shape index (κ2) is 11.4. The molecule has 1 aromatic carbocycles. The van der Waals surface area contributed by atoms with Crippen LogP contribution in [0.4, 0.5) is 0 Å². The van der Waals surface area contributed by atoms with E-state index >= 15 is 0 Å². The lowest BCUT2D eigenvalue weighted by molar-refractivity contribution is 0.0689. The van der Waals surface area contributed by atoms with Gasteiger partial charge in [0.1, 0.15) is 5.69 Å². The van der Waals surface area contributed by atoms with Crippen molar-refractivity contribution in [2.45, 2.75) is 43.9 Å². The lowest BCUT2D eigenvalue weighted by atomic mass is 10.1. The Morgan fingerprint density at radius 1 is 1.00 bits per heavy atom. The van der Waals surface area contributed by atoms with E-state index in [9.17, 15) is 18.0 Å². The van der Waals surface area contributed by atoms with Crippen LogP contribution in [0.5, 0.6) is 0 Å². The normalized spacial score (nSPS) is 11.2. The van der Waals surface area contributed by atoms with Gasteiger partial charge in [0.25, 0.3) is 15.9 Å². The fraction of sp³-hybridized carbons (Fsp3) is 0.381. The molecule has 0 aliphatic rings. The molecule has 162 valence electrons. The molecule has 9 heteroatoms. The first-order valence-electron chi connectivity index (χ1n) is 9.89. The third kappa shape index (κ3) is 7.23. The number of nitrogens with zero attached hydrogens (tertiary/aromatic N) is 1. The van der Waals surface area contributed by atoms with Gasteiger partial charge < -0.3 is 10.4 Å². The molecule has 0 aliphatic heterocycles. The predicted octanol–water partition coefficient (Wildman–Crippen LogP) is 2.61. The Bertz CT molecular complexity index is 942. The summed E-state index contributed by atoms with van der Waals surface area (Å²) in [7, 11) is -4.05. The third-order valence-electron chi connectivity index (χ3n) is 4.50. The molecule has 0 fully saturated rings. The molecule has 0 saturated carbocycles. The van der Waals surface area contributed by atoms with E-state index in [4.69, 9.17) is 5.11 Å². The van der Waals surface area contributed by atoms with Gasteiger partial charge in [0, 0.05) is 6.20 Å². The SMILES string of the molecule is CCCCCCNCCc1ccc(S(=O)(=O)NC(=O)c2ccc(C(=O)O)nc2)cc1. The van der Waals surface area contributed by atoms with Gasteiger partial charge in [-0.25, -0.2) is 22.9 Å². The smallest absolute Gasteiger partial charge is 0.354 e. The zero-order valence-corrected chi connectivity index (χ0v) is 17.7. The second-order valence-corrected chi connectivity index (χ2v) is 8.56. The predicted molar refractivity (Wildman–Crippen MR) is 113 cm³/mol. The number of carbonyl (C=O) groups is 2. The number of rotatable bonds is 12. The molecular formula is C21H27N3O5S. The Morgan fingerprint density at radius 2 is 1.73 bits per heavy atom. The summed E-state index contributed by atoms with van der Waals surface area (Å²) in [6.07, 6.45) is 6.64. The van der Waals surface area contributed by atoms with Crippen LogP contribution in [-0.2, 0) is 16.4 Å². The molecule has 0 radical (unpaired) electrons. The number of sulfonamides is 1. The van der Waals surface area contributed by atoms with Gasteiger partial charge in [-0.3, -0.25) is 4.79 Å². The summed E-state index contributed by atoms with van der Waals surface area (Å²) < 4.78 is 26.8. The van der Waals surface area contributed by atoms with Gasteiger partial charge in [-0.05, 0) is 55.8 Å². The van der Waals surface area contributed by atoms with Gasteiger partial charge in [0.2, 0.25) is 0 Å². The number of carbonyl (C=O) groups excluding carboxylic acids is 1. The number of carboxylic acid groups (broad SMARTS) is 1. The van der Waals surface area contributed by atoms with Crippen LogP contribution in [0, 0.1) is 0 Å². The van der Waals surface area contributed by atoms with E-state index in [1.54, 1.807) is 12.1 Å². The zero-order chi connectivity index (χ0) is 22.0. The summed E-state index contributed by atoms with van der Waals surface area (Å²) in [4.78, 5) is 26.5. The van der Waals surface area contributed by atoms with Crippen LogP contribution in [0.25, 0.3) is 0 Å². The number of hydrogen-bond donors (Lipinski definition) is 3. The molecule has 1 amide bonds. The molecule has 0 saturated heterocycles. The summed E-state index contributed by atoms with van der Waals surface area (Å²) in [5.74, 6) is -2.11. The van der Waals surface area contributed by atoms with Crippen molar-refractivity contribution in [3.8, 4) is 0 Å². The standard InChI is InChI=1S/C21H27N3O5S/c1-2-3-4-5-13-22-14-12-16-6-9-18(10-7-16)30(28,29)24-20(25)17-8-11-19(21(26)27)23-15-17/h6-11,15,22H,2-5,12-14H2,1H3,(H,24,25)(H,26,27). The van der Waals surface area contributed by atoms with Crippen LogP contribution in [0.3, 0.4) is 0 Å². The maximum Gasteiger partial charge on any atom is 0.354 e. The lowest BCUT2D eigenvalue weighted by Crippen LogP contribution is -2.30. The minimum absolute atomic E-state index is 0.0257. The van der Waals surface area contributed by atoms with Crippen molar-refractivity contribution in [2.75, 3.05) is 13.1 Å². The summed E-state index contributed by atoms with van der Waals surface area (Å²) >= 11 is 0. The minimum atomic E-state index is -4.05. The molecular weight excluding hydrogens is 406 g/mol. The van der Waals surface area contributed by atoms with E-state index in [2.05, 4.69) is 17.2 Å². The molecule has 0 atom stereocenters. The van der Waals surface area contributed by atoms with Crippen molar-refractivity contribution in [3.05, 3.63) is 59.4 Å². The van der Waals surface area contributed by atoms with Gasteiger partial charge in [-0.1, -0.05) is 38.3 Å². The van der Waals surface area contributed by atoms with E-state index in [0.29, 0.717) is 0 Å². The van der Waals surface area contributed by atoms with Gasteiger partial charge in [0.05, 0.1) is 10.5 Å². The monoisotopic (exact) mass is 433 g/mol. The summed E-state index contributed by atoms with van der Waals surface area (Å²) in [5.41, 5.74) is 0.709. The molecule has 1 heterocycles. The van der Waals surface area contributed by atoms with E-state index in [1.807, 2.05) is 4.72 Å². The van der Waals surface area contributed by atoms with Crippen LogP contribution in [0.15, 0.2) is 47.5 Å². The molecule has 8 nitrogen and oxygen atoms in total. The highest BCUT2D eigenvalue weighted by molar-refractivity contribution is 7.90. The van der Waals surface area contributed by atoms with Gasteiger partial charge >= 0.3 is 5.97 Å². The van der Waals surface area contributed by atoms with E-state index < -0.39 is 21.9 Å². The average Bonchev–Trinajstić information content (AvgIpc) is 2.73. The fourth-order valence-electron chi connectivity index (χ4n) is 2.76. The number of aromatic carboxylic acids is 1. The van der Waals surface area contributed by atoms with Crippen molar-refractivity contribution in [2.24, 2.45) is 0 Å². The summed E-state index contributed by atoms with van der Waals surface area (Å²) in [6, 6.07) is 8.70. The Morgan fingerprint density at radius 3 is 2.33 bits per heavy atom. The summed E-state index contributed by atoms with van der Waals surface area (Å²) in [5, 5.41) is 12.2. The largest absolute Gasteiger partial charge is 0.477 e. The van der Waals surface area contributed by atoms with Crippen LogP contribution < -0.4 is 10.0 Å². The number of aromatic nitrogens is 1. The second-order valence-electron chi connectivity index (χ2n) is 6.88. The van der Waals surface area contributed by atoms with Crippen molar-refractivity contribution < 1.29 is 23.1 Å². The molecule has 0 unspecified atom stereocenters. The molecule has 3 N–H and O–H groups in total. The zero-order valence-electron chi connectivity index (χ0n) is 16.9. The molecule has 1 aromatic heterocycles. The molecule has 0 bridgehead atoms. The number of pyridine rings is 1. The molecule has 2 rings (SSSR count). The van der Waals surface area contributed by atoms with Crippen molar-refractivity contribution in [1.29, 1.82) is 0 Å². The van der Waals surface area contributed by atoms with Gasteiger partial charge in [0.15, 0.2) is 0 Å². The van der Waals surface area contributed by atoms with Crippen LogP contribution in [0.1, 0.15) is 59.0 Å². The van der Waals surface area contributed by atoms with Crippen LogP contribution in [-0.4, -0.2) is 43.5 Å². The first-order chi connectivity index (χ1) is 14.3. The Balaban J connectivity index is 1.88. The maximum atomic E-state index is 12.4. The first-order valence-corrected chi connectivity index (χ1v) is 11.4. The number of nitrogens with one attached hydrogen (secondary N) is 2. The lowest BCUT2D eigenvalue weighted by Gasteiger charge is -2.09. The Hall–Kier alpha value is -2.78. The number of carboxylic acids is 1. The number of benzene rings is 1. The van der Waals surface area contributed by atoms with Gasteiger partial charge in [-0.2, -0.15) is 0 Å². The molecule has 2 aromatic rings. The number of unbranched alkanes of at least 4 members (excludes halogenated alkanes) is 3. The highest BCUT2D eigenvalue weighted by atomic mass is 32.2. The van der Waals surface area contributed by atoms with Crippen molar-refractivity contribution >= 4 is 21.9 Å². The van der Waals surface area contributed by atoms with Crippen molar-refractivity contribution in [1.82, 2.24) is 15.0 Å². The Labute approximate surface area is 176 Å². The van der Waals surface area contributed by atoms with E-state index in [-0.39, 0.29) is 16.2 Å². The topological polar surface area (TPSA) is 125 Å². The molecule has 0 aliphatic carbocycles.